The first-order valence-corrected chi connectivity index (χ1v) is 24.9. The van der Waals surface area contributed by atoms with E-state index in [4.69, 9.17) is 14.2 Å². The van der Waals surface area contributed by atoms with Gasteiger partial charge in [0.05, 0.1) is 6.61 Å². The summed E-state index contributed by atoms with van der Waals surface area (Å²) < 4.78 is 17.3. The Kier molecular flexibility index (Phi) is 46.4. The lowest BCUT2D eigenvalue weighted by molar-refractivity contribution is -0.163. The second kappa shape index (κ2) is 47.8. The minimum atomic E-state index is -0.531. The average molecular weight is 789 g/mol. The van der Waals surface area contributed by atoms with Crippen LogP contribution in [0.2, 0.25) is 0 Å². The molecule has 5 nitrogen and oxygen atoms in total. The first kappa shape index (κ1) is 54.4. The lowest BCUT2D eigenvalue weighted by Crippen LogP contribution is -2.30. The Hall–Kier alpha value is -1.62. The number of rotatable bonds is 46. The number of hydrogen-bond acceptors (Lipinski definition) is 5. The third-order valence-corrected chi connectivity index (χ3v) is 11.0. The van der Waals surface area contributed by atoms with Gasteiger partial charge in [0.15, 0.2) is 6.10 Å². The molecule has 0 aromatic rings. The molecule has 0 saturated carbocycles. The highest BCUT2D eigenvalue weighted by molar-refractivity contribution is 5.70. The SMILES string of the molecule is CCC/C=C\C/C=C\CCCCCCCC(=O)OCC(COCCCCCCCCCCCCCCCCCCCCCC)OC(=O)CCCCCCCCC. The highest BCUT2D eigenvalue weighted by Gasteiger charge is 2.17. The van der Waals surface area contributed by atoms with Gasteiger partial charge >= 0.3 is 11.9 Å². The van der Waals surface area contributed by atoms with Crippen molar-refractivity contribution in [2.24, 2.45) is 0 Å². The van der Waals surface area contributed by atoms with Gasteiger partial charge in [-0.3, -0.25) is 9.59 Å². The van der Waals surface area contributed by atoms with Gasteiger partial charge in [0.25, 0.3) is 0 Å². The van der Waals surface area contributed by atoms with Gasteiger partial charge in [-0.1, -0.05) is 231 Å². The van der Waals surface area contributed by atoms with Crippen LogP contribution in [-0.4, -0.2) is 37.9 Å². The standard InChI is InChI=1S/C51H96O5/c1-4-7-10-13-16-18-20-22-23-24-25-26-27-28-30-32-34-37-40-43-46-54-47-49(56-51(53)45-42-39-35-15-12-9-6-3)48-55-50(52)44-41-38-36-33-31-29-21-19-17-14-11-8-5-2/h11,14,19,21,49H,4-10,12-13,15-18,20,22-48H2,1-3H3/b14-11-,21-19-. The Bertz CT molecular complexity index is 851. The van der Waals surface area contributed by atoms with Crippen LogP contribution in [0.15, 0.2) is 24.3 Å². The van der Waals surface area contributed by atoms with Crippen molar-refractivity contribution in [2.45, 2.75) is 271 Å². The van der Waals surface area contributed by atoms with Crippen molar-refractivity contribution < 1.29 is 23.8 Å². The van der Waals surface area contributed by atoms with Crippen LogP contribution in [0.25, 0.3) is 0 Å². The second-order valence-corrected chi connectivity index (χ2v) is 16.7. The highest BCUT2D eigenvalue weighted by atomic mass is 16.6. The lowest BCUT2D eigenvalue weighted by atomic mass is 10.0. The van der Waals surface area contributed by atoms with Gasteiger partial charge in [-0.2, -0.15) is 0 Å². The highest BCUT2D eigenvalue weighted by Crippen LogP contribution is 2.16. The van der Waals surface area contributed by atoms with E-state index in [1.54, 1.807) is 0 Å². The predicted octanol–water partition coefficient (Wildman–Crippen LogP) is 16.5. The first-order chi connectivity index (χ1) is 27.6. The molecule has 330 valence electrons. The summed E-state index contributed by atoms with van der Waals surface area (Å²) >= 11 is 0. The van der Waals surface area contributed by atoms with Gasteiger partial charge in [0.1, 0.15) is 6.61 Å². The summed E-state index contributed by atoms with van der Waals surface area (Å²) in [5.41, 5.74) is 0. The van der Waals surface area contributed by atoms with Crippen LogP contribution in [0.5, 0.6) is 0 Å². The van der Waals surface area contributed by atoms with Crippen molar-refractivity contribution in [1.29, 1.82) is 0 Å². The van der Waals surface area contributed by atoms with Gasteiger partial charge in [-0.05, 0) is 44.9 Å². The number of carbonyl (C=O) groups excluding carboxylic acids is 2. The van der Waals surface area contributed by atoms with E-state index < -0.39 is 6.10 Å². The third kappa shape index (κ3) is 45.1. The van der Waals surface area contributed by atoms with Crippen LogP contribution in [0.3, 0.4) is 0 Å². The van der Waals surface area contributed by atoms with Crippen LogP contribution in [-0.2, 0) is 23.8 Å². The van der Waals surface area contributed by atoms with Gasteiger partial charge in [-0.15, -0.1) is 0 Å². The molecule has 0 fully saturated rings. The number of allylic oxidation sites excluding steroid dienone is 4. The van der Waals surface area contributed by atoms with E-state index in [0.29, 0.717) is 26.1 Å². The molecule has 0 aliphatic heterocycles. The van der Waals surface area contributed by atoms with Gasteiger partial charge in [0, 0.05) is 19.4 Å². The smallest absolute Gasteiger partial charge is 0.306 e. The summed E-state index contributed by atoms with van der Waals surface area (Å²) in [4.78, 5) is 25.1. The normalized spacial score (nSPS) is 12.3. The van der Waals surface area contributed by atoms with Crippen molar-refractivity contribution in [2.75, 3.05) is 19.8 Å². The molecule has 0 aliphatic rings. The monoisotopic (exact) mass is 789 g/mol. The second-order valence-electron chi connectivity index (χ2n) is 16.7. The number of esters is 2. The zero-order valence-corrected chi connectivity index (χ0v) is 37.9. The quantitative estimate of drug-likeness (QED) is 0.0349. The average Bonchev–Trinajstić information content (AvgIpc) is 3.20. The van der Waals surface area contributed by atoms with E-state index >= 15 is 0 Å². The molecule has 0 saturated heterocycles. The molecule has 0 N–H and O–H groups in total. The molecule has 0 aromatic heterocycles. The predicted molar refractivity (Wildman–Crippen MR) is 242 cm³/mol. The van der Waals surface area contributed by atoms with E-state index in [-0.39, 0.29) is 18.5 Å². The van der Waals surface area contributed by atoms with Crippen molar-refractivity contribution in [1.82, 2.24) is 0 Å². The molecule has 5 heteroatoms. The topological polar surface area (TPSA) is 61.8 Å². The van der Waals surface area contributed by atoms with Gasteiger partial charge < -0.3 is 14.2 Å². The van der Waals surface area contributed by atoms with Crippen molar-refractivity contribution in [3.63, 3.8) is 0 Å². The molecule has 0 heterocycles. The van der Waals surface area contributed by atoms with E-state index in [9.17, 15) is 9.59 Å². The molecule has 1 atom stereocenters. The molecular weight excluding hydrogens is 693 g/mol. The Balaban J connectivity index is 4.05. The van der Waals surface area contributed by atoms with E-state index in [1.165, 1.54) is 180 Å². The number of unbranched alkanes of at least 4 members (excludes halogenated alkanes) is 31. The maximum Gasteiger partial charge on any atom is 0.306 e. The molecule has 0 aromatic carbocycles. The molecule has 56 heavy (non-hydrogen) atoms. The van der Waals surface area contributed by atoms with E-state index in [2.05, 4.69) is 45.1 Å². The number of carbonyl (C=O) groups is 2. The summed E-state index contributed by atoms with van der Waals surface area (Å²) in [6, 6.07) is 0. The lowest BCUT2D eigenvalue weighted by Gasteiger charge is -2.18. The van der Waals surface area contributed by atoms with Crippen LogP contribution in [0.1, 0.15) is 265 Å². The first-order valence-electron chi connectivity index (χ1n) is 24.9. The van der Waals surface area contributed by atoms with Crippen LogP contribution in [0.4, 0.5) is 0 Å². The molecule has 0 aliphatic carbocycles. The van der Waals surface area contributed by atoms with Crippen molar-refractivity contribution >= 4 is 11.9 Å². The van der Waals surface area contributed by atoms with Crippen LogP contribution >= 0.6 is 0 Å². The van der Waals surface area contributed by atoms with Gasteiger partial charge in [-0.25, -0.2) is 0 Å². The van der Waals surface area contributed by atoms with E-state index in [1.807, 2.05) is 0 Å². The van der Waals surface area contributed by atoms with Gasteiger partial charge in [0.2, 0.25) is 0 Å². The minimum Gasteiger partial charge on any atom is -0.462 e. The summed E-state index contributed by atoms with van der Waals surface area (Å²) in [5.74, 6) is -0.406. The fourth-order valence-corrected chi connectivity index (χ4v) is 7.25. The largest absolute Gasteiger partial charge is 0.462 e. The zero-order chi connectivity index (χ0) is 40.7. The summed E-state index contributed by atoms with van der Waals surface area (Å²) in [7, 11) is 0. The molecule has 0 radical (unpaired) electrons. The summed E-state index contributed by atoms with van der Waals surface area (Å²) in [6.07, 6.45) is 54.9. The Labute approximate surface area is 349 Å². The minimum absolute atomic E-state index is 0.0841. The van der Waals surface area contributed by atoms with E-state index in [0.717, 1.165) is 51.4 Å². The van der Waals surface area contributed by atoms with Crippen molar-refractivity contribution in [3.8, 4) is 0 Å². The van der Waals surface area contributed by atoms with Crippen molar-refractivity contribution in [3.05, 3.63) is 24.3 Å². The molecule has 0 amide bonds. The molecule has 0 rings (SSSR count). The Morgan fingerprint density at radius 1 is 0.393 bits per heavy atom. The number of hydrogen-bond donors (Lipinski definition) is 0. The Morgan fingerprint density at radius 2 is 0.786 bits per heavy atom. The zero-order valence-electron chi connectivity index (χ0n) is 37.9. The van der Waals surface area contributed by atoms with Crippen LogP contribution < -0.4 is 0 Å². The summed E-state index contributed by atoms with van der Waals surface area (Å²) in [6.45, 7) is 7.76. The molecule has 1 unspecified atom stereocenters. The summed E-state index contributed by atoms with van der Waals surface area (Å²) in [5, 5.41) is 0. The maximum atomic E-state index is 12.6. The van der Waals surface area contributed by atoms with Crippen LogP contribution in [0, 0.1) is 0 Å². The maximum absolute atomic E-state index is 12.6. The molecule has 0 bridgehead atoms. The number of ether oxygens (including phenoxy) is 3. The Morgan fingerprint density at radius 3 is 1.25 bits per heavy atom. The fraction of sp³-hybridized carbons (Fsp3) is 0.882. The third-order valence-electron chi connectivity index (χ3n) is 11.0. The fourth-order valence-electron chi connectivity index (χ4n) is 7.25. The molecule has 0 spiro atoms. The molecular formula is C51H96O5.